The Hall–Kier alpha value is 0.450. The molecule has 2 unspecified atom stereocenters. The second kappa shape index (κ2) is 8.59. The van der Waals surface area contributed by atoms with Gasteiger partial charge in [-0.15, -0.1) is 0 Å². The normalized spacial score (nSPS) is 14.1. The number of hydrogen-bond acceptors (Lipinski definition) is 3. The zero-order valence-electron chi connectivity index (χ0n) is 13.1. The molecule has 0 fully saturated rings. The number of hydrogen-bond donors (Lipinski definition) is 0. The number of nitrogens with zero attached hydrogens (tertiary/aromatic N) is 2. The van der Waals surface area contributed by atoms with E-state index in [9.17, 15) is 4.79 Å². The molecule has 0 spiro atoms. The first-order valence-corrected chi connectivity index (χ1v) is 8.70. The Labute approximate surface area is 117 Å². The highest BCUT2D eigenvalue weighted by Crippen LogP contribution is 2.38. The molecule has 5 heteroatoms. The smallest absolute Gasteiger partial charge is 0.199 e. The third-order valence-electron chi connectivity index (χ3n) is 2.69. The third-order valence-corrected chi connectivity index (χ3v) is 6.35. The maximum atomic E-state index is 12.2. The lowest BCUT2D eigenvalue weighted by Gasteiger charge is -2.32. The van der Waals surface area contributed by atoms with Crippen LogP contribution in [-0.2, 0) is 0 Å². The zero-order valence-corrected chi connectivity index (χ0v) is 15.1. The van der Waals surface area contributed by atoms with Gasteiger partial charge in [0, 0.05) is 41.6 Å². The van der Waals surface area contributed by atoms with E-state index in [4.69, 9.17) is 0 Å². The van der Waals surface area contributed by atoms with Crippen LogP contribution in [-0.4, -0.2) is 38.8 Å². The standard InChI is InChI=1S/C13H30N2OP2/c1-9(2)14(10(3)4)17-13(16)18-15(11(5)6)12(7)8/h9-12,17-18H,1-8H3. The van der Waals surface area contributed by atoms with E-state index >= 15 is 0 Å². The second-order valence-electron chi connectivity index (χ2n) is 5.74. The molecule has 0 aromatic rings. The van der Waals surface area contributed by atoms with Crippen molar-refractivity contribution in [1.29, 1.82) is 0 Å². The topological polar surface area (TPSA) is 23.6 Å². The number of rotatable bonds is 8. The lowest BCUT2D eigenvalue weighted by Crippen LogP contribution is -2.32. The molecule has 0 rings (SSSR count). The SMILES string of the molecule is CC(C)N(PC(=O)PN(C(C)C)C(C)C)C(C)C. The number of carbonyl (C=O) groups excluding carboxylic acids is 1. The molecule has 0 radical (unpaired) electrons. The van der Waals surface area contributed by atoms with E-state index in [-0.39, 0.29) is 0 Å². The predicted octanol–water partition coefficient (Wildman–Crippen LogP) is 4.53. The molecule has 0 aliphatic carbocycles. The van der Waals surface area contributed by atoms with Gasteiger partial charge in [-0.25, -0.2) is 0 Å². The Morgan fingerprint density at radius 2 is 0.889 bits per heavy atom. The fraction of sp³-hybridized carbons (Fsp3) is 0.923. The van der Waals surface area contributed by atoms with E-state index in [0.29, 0.717) is 46.9 Å². The Morgan fingerprint density at radius 3 is 1.06 bits per heavy atom. The molecule has 18 heavy (non-hydrogen) atoms. The van der Waals surface area contributed by atoms with Gasteiger partial charge in [0.15, 0.2) is 5.27 Å². The molecule has 0 aromatic carbocycles. The molecular weight excluding hydrogens is 262 g/mol. The van der Waals surface area contributed by atoms with E-state index in [1.165, 1.54) is 0 Å². The summed E-state index contributed by atoms with van der Waals surface area (Å²) in [6.07, 6.45) is 0. The molecule has 0 bridgehead atoms. The molecule has 0 aliphatic rings. The first-order valence-electron chi connectivity index (χ1n) is 6.80. The molecule has 0 amide bonds. The van der Waals surface area contributed by atoms with Gasteiger partial charge < -0.3 is 0 Å². The summed E-state index contributed by atoms with van der Waals surface area (Å²) < 4.78 is 4.57. The van der Waals surface area contributed by atoms with Crippen LogP contribution in [0.2, 0.25) is 0 Å². The van der Waals surface area contributed by atoms with Crippen LogP contribution in [0.3, 0.4) is 0 Å². The van der Waals surface area contributed by atoms with Crippen LogP contribution < -0.4 is 0 Å². The summed E-state index contributed by atoms with van der Waals surface area (Å²) in [6.45, 7) is 17.3. The van der Waals surface area contributed by atoms with Crippen molar-refractivity contribution in [2.45, 2.75) is 79.6 Å². The predicted molar refractivity (Wildman–Crippen MR) is 86.2 cm³/mol. The Balaban J connectivity index is 4.48. The van der Waals surface area contributed by atoms with E-state index < -0.39 is 0 Å². The molecule has 0 aromatic heterocycles. The fourth-order valence-corrected chi connectivity index (χ4v) is 4.44. The van der Waals surface area contributed by atoms with Crippen LogP contribution in [0.1, 0.15) is 55.4 Å². The maximum absolute atomic E-state index is 12.2. The average Bonchev–Trinajstić information content (AvgIpc) is 2.20. The molecular formula is C13H30N2OP2. The summed E-state index contributed by atoms with van der Waals surface area (Å²) >= 11 is 0. The Bertz CT molecular complexity index is 215. The van der Waals surface area contributed by atoms with Crippen molar-refractivity contribution in [2.75, 3.05) is 0 Å². The molecule has 0 saturated carbocycles. The van der Waals surface area contributed by atoms with Gasteiger partial charge in [-0.05, 0) is 55.4 Å². The molecule has 0 heterocycles. The van der Waals surface area contributed by atoms with E-state index in [1.54, 1.807) is 0 Å². The summed E-state index contributed by atoms with van der Waals surface area (Å²) in [5, 5.41) is 0.375. The van der Waals surface area contributed by atoms with Crippen molar-refractivity contribution < 1.29 is 4.79 Å². The summed E-state index contributed by atoms with van der Waals surface area (Å²) in [7, 11) is 0.602. The quantitative estimate of drug-likeness (QED) is 0.614. The molecule has 0 aliphatic heterocycles. The number of carbonyl (C=O) groups is 1. The third kappa shape index (κ3) is 6.57. The minimum absolute atomic E-state index is 0.301. The second-order valence-corrected chi connectivity index (χ2v) is 8.63. The van der Waals surface area contributed by atoms with Gasteiger partial charge in [-0.2, -0.15) is 0 Å². The van der Waals surface area contributed by atoms with Crippen molar-refractivity contribution in [3.8, 4) is 0 Å². The monoisotopic (exact) mass is 292 g/mol. The van der Waals surface area contributed by atoms with E-state index in [2.05, 4.69) is 64.7 Å². The van der Waals surface area contributed by atoms with Crippen LogP contribution in [0.4, 0.5) is 4.79 Å². The summed E-state index contributed by atoms with van der Waals surface area (Å²) in [6, 6.07) is 1.74. The lowest BCUT2D eigenvalue weighted by atomic mass is 10.3. The molecule has 2 atom stereocenters. The summed E-state index contributed by atoms with van der Waals surface area (Å²) in [5.74, 6) is 0. The van der Waals surface area contributed by atoms with E-state index in [0.717, 1.165) is 0 Å². The first-order chi connectivity index (χ1) is 8.16. The lowest BCUT2D eigenvalue weighted by molar-refractivity contribution is 0.268. The average molecular weight is 292 g/mol. The van der Waals surface area contributed by atoms with Crippen molar-refractivity contribution in [3.05, 3.63) is 0 Å². The van der Waals surface area contributed by atoms with Crippen LogP contribution in [0.25, 0.3) is 0 Å². The van der Waals surface area contributed by atoms with Crippen LogP contribution in [0, 0.1) is 0 Å². The van der Waals surface area contributed by atoms with Crippen molar-refractivity contribution >= 4 is 22.7 Å². The highest BCUT2D eigenvalue weighted by atomic mass is 31.1. The van der Waals surface area contributed by atoms with E-state index in [1.807, 2.05) is 0 Å². The van der Waals surface area contributed by atoms with Gasteiger partial charge in [0.2, 0.25) is 0 Å². The highest BCUT2D eigenvalue weighted by Gasteiger charge is 2.21. The largest absolute Gasteiger partial charge is 0.287 e. The highest BCUT2D eigenvalue weighted by molar-refractivity contribution is 7.83. The first kappa shape index (κ1) is 18.4. The molecule has 0 saturated heterocycles. The van der Waals surface area contributed by atoms with Gasteiger partial charge in [-0.3, -0.25) is 14.1 Å². The summed E-state index contributed by atoms with van der Waals surface area (Å²) in [4.78, 5) is 12.2. The van der Waals surface area contributed by atoms with Gasteiger partial charge >= 0.3 is 0 Å². The van der Waals surface area contributed by atoms with Crippen LogP contribution in [0.5, 0.6) is 0 Å². The Morgan fingerprint density at radius 1 is 0.667 bits per heavy atom. The van der Waals surface area contributed by atoms with Gasteiger partial charge in [-0.1, -0.05) is 0 Å². The van der Waals surface area contributed by atoms with Crippen molar-refractivity contribution in [1.82, 2.24) is 9.34 Å². The minimum atomic E-state index is 0.301. The van der Waals surface area contributed by atoms with Gasteiger partial charge in [0.05, 0.1) is 0 Å². The van der Waals surface area contributed by atoms with Crippen LogP contribution in [0.15, 0.2) is 0 Å². The van der Waals surface area contributed by atoms with Crippen LogP contribution >= 0.6 is 17.5 Å². The maximum Gasteiger partial charge on any atom is 0.199 e. The van der Waals surface area contributed by atoms with Gasteiger partial charge in [0.25, 0.3) is 0 Å². The minimum Gasteiger partial charge on any atom is -0.287 e. The van der Waals surface area contributed by atoms with Crippen molar-refractivity contribution in [3.63, 3.8) is 0 Å². The Kier molecular flexibility index (Phi) is 8.80. The summed E-state index contributed by atoms with van der Waals surface area (Å²) in [5.41, 5.74) is 0. The van der Waals surface area contributed by atoms with Gasteiger partial charge in [0.1, 0.15) is 0 Å². The zero-order chi connectivity index (χ0) is 14.5. The van der Waals surface area contributed by atoms with Crippen molar-refractivity contribution in [2.24, 2.45) is 0 Å². The molecule has 108 valence electrons. The molecule has 0 N–H and O–H groups in total. The fourth-order valence-electron chi connectivity index (χ4n) is 1.97. The molecule has 3 nitrogen and oxygen atoms in total.